The molecule has 0 amide bonds. The summed E-state index contributed by atoms with van der Waals surface area (Å²) in [5, 5.41) is 2.75. The van der Waals surface area contributed by atoms with E-state index in [2.05, 4.69) is 50.2 Å². The SMILES string of the molecule is CC(C)Cc1cc2ccccc2[cH-]1.[F-].[F-].[Zr+3]. The Hall–Kier alpha value is -0.427. The van der Waals surface area contributed by atoms with Crippen LogP contribution in [0.5, 0.6) is 0 Å². The van der Waals surface area contributed by atoms with Crippen LogP contribution in [0.2, 0.25) is 0 Å². The van der Waals surface area contributed by atoms with Gasteiger partial charge < -0.3 is 9.41 Å². The maximum atomic E-state index is 2.30. The molecule has 0 N–H and O–H groups in total. The van der Waals surface area contributed by atoms with Crippen molar-refractivity contribution in [3.8, 4) is 0 Å². The van der Waals surface area contributed by atoms with Gasteiger partial charge in [-0.3, -0.25) is 0 Å². The third-order valence-corrected chi connectivity index (χ3v) is 2.32. The molecule has 0 aliphatic heterocycles. The molecule has 0 aliphatic rings. The van der Waals surface area contributed by atoms with Crippen molar-refractivity contribution in [2.45, 2.75) is 20.3 Å². The average molecular weight is 300 g/mol. The molecular formula is C13H15F2Zr. The summed E-state index contributed by atoms with van der Waals surface area (Å²) in [6.45, 7) is 4.52. The van der Waals surface area contributed by atoms with E-state index in [9.17, 15) is 0 Å². The van der Waals surface area contributed by atoms with Crippen LogP contribution in [-0.4, -0.2) is 0 Å². The van der Waals surface area contributed by atoms with E-state index in [-0.39, 0.29) is 35.6 Å². The van der Waals surface area contributed by atoms with Gasteiger partial charge in [-0.05, 0) is 12.3 Å². The van der Waals surface area contributed by atoms with Gasteiger partial charge >= 0.3 is 26.2 Å². The predicted molar refractivity (Wildman–Crippen MR) is 58.1 cm³/mol. The first-order chi connectivity index (χ1) is 6.25. The zero-order valence-electron chi connectivity index (χ0n) is 9.50. The third kappa shape index (κ3) is 4.21. The molecular weight excluding hydrogens is 285 g/mol. The topological polar surface area (TPSA) is 0 Å². The normalized spacial score (nSPS) is 9.19. The largest absolute Gasteiger partial charge is 3.00 e. The Morgan fingerprint density at radius 2 is 1.75 bits per heavy atom. The summed E-state index contributed by atoms with van der Waals surface area (Å²) in [6.07, 6.45) is 1.19. The van der Waals surface area contributed by atoms with Crippen molar-refractivity contribution < 1.29 is 35.6 Å². The molecule has 0 atom stereocenters. The quantitative estimate of drug-likeness (QED) is 0.551. The van der Waals surface area contributed by atoms with Crippen LogP contribution in [0.25, 0.3) is 10.8 Å². The Bertz CT molecular complexity index is 374. The fraction of sp³-hybridized carbons (Fsp3) is 0.308. The molecule has 0 aromatic heterocycles. The van der Waals surface area contributed by atoms with E-state index in [4.69, 9.17) is 0 Å². The summed E-state index contributed by atoms with van der Waals surface area (Å²) < 4.78 is 0. The maximum Gasteiger partial charge on any atom is 3.00 e. The molecule has 0 saturated carbocycles. The second-order valence-electron chi connectivity index (χ2n) is 4.09. The zero-order valence-corrected chi connectivity index (χ0v) is 12.0. The molecule has 2 aromatic carbocycles. The van der Waals surface area contributed by atoms with E-state index in [0.29, 0.717) is 0 Å². The van der Waals surface area contributed by atoms with Gasteiger partial charge in [0.2, 0.25) is 0 Å². The van der Waals surface area contributed by atoms with Gasteiger partial charge in [0.25, 0.3) is 0 Å². The molecule has 2 aromatic rings. The van der Waals surface area contributed by atoms with Crippen molar-refractivity contribution in [3.05, 3.63) is 42.0 Å². The summed E-state index contributed by atoms with van der Waals surface area (Å²) in [5.41, 5.74) is 1.47. The van der Waals surface area contributed by atoms with Crippen LogP contribution in [0.15, 0.2) is 36.4 Å². The van der Waals surface area contributed by atoms with Crippen molar-refractivity contribution in [1.82, 2.24) is 0 Å². The Kier molecular flexibility index (Phi) is 8.73. The van der Waals surface area contributed by atoms with Gasteiger partial charge in [0, 0.05) is 0 Å². The molecule has 0 saturated heterocycles. The zero-order chi connectivity index (χ0) is 9.26. The number of halogens is 2. The second-order valence-corrected chi connectivity index (χ2v) is 4.09. The van der Waals surface area contributed by atoms with Gasteiger partial charge in [0.05, 0.1) is 0 Å². The van der Waals surface area contributed by atoms with Gasteiger partial charge in [-0.2, -0.15) is 6.07 Å². The number of rotatable bonds is 2. The first-order valence-electron chi connectivity index (χ1n) is 4.90. The molecule has 2 rings (SSSR count). The molecule has 85 valence electrons. The van der Waals surface area contributed by atoms with E-state index < -0.39 is 0 Å². The van der Waals surface area contributed by atoms with Crippen LogP contribution in [0.3, 0.4) is 0 Å². The fourth-order valence-corrected chi connectivity index (χ4v) is 1.80. The van der Waals surface area contributed by atoms with Crippen LogP contribution < -0.4 is 9.41 Å². The first-order valence-corrected chi connectivity index (χ1v) is 4.90. The van der Waals surface area contributed by atoms with Gasteiger partial charge in [-0.1, -0.05) is 19.9 Å². The van der Waals surface area contributed by atoms with E-state index in [1.807, 2.05) is 0 Å². The molecule has 0 heterocycles. The molecule has 16 heavy (non-hydrogen) atoms. The summed E-state index contributed by atoms with van der Waals surface area (Å²) in [6, 6.07) is 13.2. The van der Waals surface area contributed by atoms with Gasteiger partial charge in [-0.15, -0.1) is 40.6 Å². The Morgan fingerprint density at radius 3 is 2.31 bits per heavy atom. The molecule has 0 fully saturated rings. The van der Waals surface area contributed by atoms with Gasteiger partial charge in [0.1, 0.15) is 0 Å². The van der Waals surface area contributed by atoms with Gasteiger partial charge in [0.15, 0.2) is 0 Å². The predicted octanol–water partition coefficient (Wildman–Crippen LogP) is -2.24. The molecule has 0 bridgehead atoms. The van der Waals surface area contributed by atoms with Crippen molar-refractivity contribution in [1.29, 1.82) is 0 Å². The smallest absolute Gasteiger partial charge is 1.00 e. The molecule has 0 aliphatic carbocycles. The van der Waals surface area contributed by atoms with E-state index in [0.717, 1.165) is 5.92 Å². The van der Waals surface area contributed by atoms with Gasteiger partial charge in [-0.25, -0.2) is 0 Å². The molecule has 0 spiro atoms. The van der Waals surface area contributed by atoms with Crippen molar-refractivity contribution in [2.24, 2.45) is 5.92 Å². The van der Waals surface area contributed by atoms with E-state index >= 15 is 0 Å². The maximum absolute atomic E-state index is 2.30. The van der Waals surface area contributed by atoms with Crippen LogP contribution in [0.1, 0.15) is 19.4 Å². The monoisotopic (exact) mass is 299 g/mol. The fourth-order valence-electron chi connectivity index (χ4n) is 1.80. The molecule has 0 nitrogen and oxygen atoms in total. The Balaban J connectivity index is 0. The number of hydrogen-bond donors (Lipinski definition) is 0. The number of hydrogen-bond acceptors (Lipinski definition) is 0. The number of fused-ring (bicyclic) bond motifs is 1. The molecule has 0 unspecified atom stereocenters. The Morgan fingerprint density at radius 1 is 1.12 bits per heavy atom. The van der Waals surface area contributed by atoms with Crippen LogP contribution >= 0.6 is 0 Å². The molecule has 3 heteroatoms. The van der Waals surface area contributed by atoms with Crippen molar-refractivity contribution >= 4 is 10.8 Å². The second kappa shape index (κ2) is 7.78. The van der Waals surface area contributed by atoms with E-state index in [1.165, 1.54) is 22.8 Å². The minimum absolute atomic E-state index is 0. The Labute approximate surface area is 114 Å². The minimum atomic E-state index is 0. The summed E-state index contributed by atoms with van der Waals surface area (Å²) in [5.74, 6) is 0.747. The number of benzene rings is 1. The summed E-state index contributed by atoms with van der Waals surface area (Å²) >= 11 is 0. The minimum Gasteiger partial charge on any atom is -1.00 e. The summed E-state index contributed by atoms with van der Waals surface area (Å²) in [4.78, 5) is 0. The first kappa shape index (κ1) is 18.0. The van der Waals surface area contributed by atoms with E-state index in [1.54, 1.807) is 0 Å². The molecule has 1 radical (unpaired) electrons. The van der Waals surface area contributed by atoms with Crippen LogP contribution in [-0.2, 0) is 32.6 Å². The third-order valence-electron chi connectivity index (χ3n) is 2.32. The average Bonchev–Trinajstić information content (AvgIpc) is 2.44. The van der Waals surface area contributed by atoms with Crippen molar-refractivity contribution in [2.75, 3.05) is 0 Å². The van der Waals surface area contributed by atoms with Crippen molar-refractivity contribution in [3.63, 3.8) is 0 Å². The standard InChI is InChI=1S/C13H15.2FH.Zr/c1-10(2)7-11-8-12-5-3-4-6-13(12)9-11;;;/h3-6,8-10H,7H2,1-2H3;2*1H;/q-1;;;+3/p-2. The van der Waals surface area contributed by atoms with Crippen LogP contribution in [0.4, 0.5) is 0 Å². The van der Waals surface area contributed by atoms with Crippen LogP contribution in [0, 0.1) is 5.92 Å². The summed E-state index contributed by atoms with van der Waals surface area (Å²) in [7, 11) is 0.